The maximum atomic E-state index is 6.38. The van der Waals surface area contributed by atoms with E-state index in [9.17, 15) is 0 Å². The molecule has 0 amide bonds. The molecule has 0 aliphatic heterocycles. The van der Waals surface area contributed by atoms with E-state index in [1.165, 1.54) is 60.5 Å². The predicted molar refractivity (Wildman–Crippen MR) is 245 cm³/mol. The van der Waals surface area contributed by atoms with Crippen LogP contribution in [0.3, 0.4) is 0 Å². The van der Waals surface area contributed by atoms with Crippen molar-refractivity contribution < 1.29 is 4.42 Å². The molecular weight excluding hydrogens is 703 g/mol. The van der Waals surface area contributed by atoms with Crippen LogP contribution in [0, 0.1) is 0 Å². The van der Waals surface area contributed by atoms with Gasteiger partial charge in [-0.3, -0.25) is 0 Å². The second kappa shape index (κ2) is 14.1. The number of benzene rings is 10. The fourth-order valence-electron chi connectivity index (χ4n) is 8.72. The van der Waals surface area contributed by atoms with Crippen LogP contribution in [0.1, 0.15) is 0 Å². The molecule has 0 aliphatic carbocycles. The summed E-state index contributed by atoms with van der Waals surface area (Å²) >= 11 is 0. The highest BCUT2D eigenvalue weighted by Gasteiger charge is 2.19. The van der Waals surface area contributed by atoms with Crippen LogP contribution >= 0.6 is 0 Å². The smallest absolute Gasteiger partial charge is 0.137 e. The Bertz CT molecular complexity index is 3240. The zero-order chi connectivity index (χ0) is 38.4. The highest BCUT2D eigenvalue weighted by atomic mass is 16.3. The number of para-hydroxylation sites is 1. The van der Waals surface area contributed by atoms with E-state index >= 15 is 0 Å². The Morgan fingerprint density at radius 2 is 0.655 bits per heavy atom. The van der Waals surface area contributed by atoms with Crippen molar-refractivity contribution in [1.82, 2.24) is 0 Å². The Balaban J connectivity index is 1.05. The van der Waals surface area contributed by atoms with Gasteiger partial charge in [-0.05, 0) is 115 Å². The van der Waals surface area contributed by atoms with E-state index in [1.807, 2.05) is 12.1 Å². The highest BCUT2D eigenvalue weighted by molar-refractivity contribution is 6.22. The Kier molecular flexibility index (Phi) is 8.19. The molecular formula is C56H37NO. The van der Waals surface area contributed by atoms with Crippen LogP contribution in [0.4, 0.5) is 17.1 Å². The van der Waals surface area contributed by atoms with Crippen molar-refractivity contribution in [1.29, 1.82) is 0 Å². The number of fused-ring (bicyclic) bond motifs is 6. The molecule has 0 radical (unpaired) electrons. The monoisotopic (exact) mass is 739 g/mol. The van der Waals surface area contributed by atoms with Crippen molar-refractivity contribution in [3.05, 3.63) is 224 Å². The third kappa shape index (κ3) is 5.82. The summed E-state index contributed by atoms with van der Waals surface area (Å²) < 4.78 is 6.38. The molecule has 11 aromatic rings. The summed E-state index contributed by atoms with van der Waals surface area (Å²) in [5.41, 5.74) is 14.6. The third-order valence-electron chi connectivity index (χ3n) is 11.5. The summed E-state index contributed by atoms with van der Waals surface area (Å²) in [5, 5.41) is 7.25. The van der Waals surface area contributed by atoms with Gasteiger partial charge in [0.2, 0.25) is 0 Å². The van der Waals surface area contributed by atoms with Crippen molar-refractivity contribution in [2.24, 2.45) is 0 Å². The molecule has 0 fully saturated rings. The van der Waals surface area contributed by atoms with Gasteiger partial charge in [-0.25, -0.2) is 0 Å². The average Bonchev–Trinajstić information content (AvgIpc) is 3.68. The van der Waals surface area contributed by atoms with Gasteiger partial charge in [-0.1, -0.05) is 170 Å². The first-order valence-electron chi connectivity index (χ1n) is 19.8. The van der Waals surface area contributed by atoms with Gasteiger partial charge in [0.25, 0.3) is 0 Å². The first kappa shape index (κ1) is 33.6. The summed E-state index contributed by atoms with van der Waals surface area (Å²) in [5.74, 6) is 0. The van der Waals surface area contributed by atoms with E-state index in [-0.39, 0.29) is 0 Å². The predicted octanol–water partition coefficient (Wildman–Crippen LogP) is 16.0. The first-order valence-corrected chi connectivity index (χ1v) is 19.8. The SMILES string of the molecule is c1ccc(-c2ccc(N(c3ccc(-c4ccc5c(c4)c(-c4ccccc4)c(-c4ccccc4)c4ccccc45)cc3)c3ccc4c(c3)oc3ccccc34)cc2)cc1. The molecule has 2 heteroatoms. The van der Waals surface area contributed by atoms with Crippen molar-refractivity contribution in [2.45, 2.75) is 0 Å². The van der Waals surface area contributed by atoms with Gasteiger partial charge in [-0.2, -0.15) is 0 Å². The summed E-state index contributed by atoms with van der Waals surface area (Å²) in [4.78, 5) is 2.32. The number of anilines is 3. The van der Waals surface area contributed by atoms with Gasteiger partial charge in [0, 0.05) is 33.9 Å². The molecule has 0 saturated heterocycles. The van der Waals surface area contributed by atoms with Crippen LogP contribution in [-0.4, -0.2) is 0 Å². The second-order valence-electron chi connectivity index (χ2n) is 14.9. The molecule has 0 bridgehead atoms. The molecule has 58 heavy (non-hydrogen) atoms. The standard InChI is InChI=1S/C56H37NO/c1-4-14-38(15-5-1)39-24-29-44(30-25-39)57(46-33-35-50-49-21-12-13-23-53(49)58-54(50)37-46)45-31-26-40(27-32-45)43-28-34-48-47-20-10-11-22-51(47)55(41-16-6-2-7-17-41)56(52(48)36-43)42-18-8-3-9-19-42/h1-37H. The minimum atomic E-state index is 0.869. The fraction of sp³-hybridized carbons (Fsp3) is 0. The largest absolute Gasteiger partial charge is 0.456 e. The number of rotatable bonds is 7. The molecule has 0 N–H and O–H groups in total. The maximum absolute atomic E-state index is 6.38. The molecule has 10 aromatic carbocycles. The van der Waals surface area contributed by atoms with E-state index < -0.39 is 0 Å². The third-order valence-corrected chi connectivity index (χ3v) is 11.5. The van der Waals surface area contributed by atoms with Gasteiger partial charge in [0.1, 0.15) is 11.2 Å². The second-order valence-corrected chi connectivity index (χ2v) is 14.9. The average molecular weight is 740 g/mol. The first-order chi connectivity index (χ1) is 28.8. The Labute approximate surface area is 337 Å². The Morgan fingerprint density at radius 3 is 1.29 bits per heavy atom. The maximum Gasteiger partial charge on any atom is 0.137 e. The van der Waals surface area contributed by atoms with Crippen LogP contribution in [-0.2, 0) is 0 Å². The van der Waals surface area contributed by atoms with Crippen LogP contribution in [0.25, 0.3) is 88.0 Å². The number of nitrogens with zero attached hydrogens (tertiary/aromatic N) is 1. The van der Waals surface area contributed by atoms with Gasteiger partial charge in [-0.15, -0.1) is 0 Å². The minimum absolute atomic E-state index is 0.869. The summed E-state index contributed by atoms with van der Waals surface area (Å²) in [6.45, 7) is 0. The lowest BCUT2D eigenvalue weighted by Gasteiger charge is -2.26. The van der Waals surface area contributed by atoms with Crippen LogP contribution < -0.4 is 4.90 Å². The molecule has 0 unspecified atom stereocenters. The van der Waals surface area contributed by atoms with Crippen molar-refractivity contribution in [3.8, 4) is 44.5 Å². The lowest BCUT2D eigenvalue weighted by atomic mass is 9.84. The molecule has 1 heterocycles. The zero-order valence-corrected chi connectivity index (χ0v) is 31.7. The summed E-state index contributed by atoms with van der Waals surface area (Å²) in [6.07, 6.45) is 0. The summed E-state index contributed by atoms with van der Waals surface area (Å²) in [7, 11) is 0. The van der Waals surface area contributed by atoms with Crippen molar-refractivity contribution >= 4 is 60.5 Å². The number of hydrogen-bond acceptors (Lipinski definition) is 2. The van der Waals surface area contributed by atoms with E-state index in [0.29, 0.717) is 0 Å². The van der Waals surface area contributed by atoms with Crippen molar-refractivity contribution in [3.63, 3.8) is 0 Å². The minimum Gasteiger partial charge on any atom is -0.456 e. The Morgan fingerprint density at radius 1 is 0.241 bits per heavy atom. The zero-order valence-electron chi connectivity index (χ0n) is 31.7. The molecule has 1 aromatic heterocycles. The molecule has 0 aliphatic rings. The molecule has 11 rings (SSSR count). The molecule has 0 saturated carbocycles. The summed E-state index contributed by atoms with van der Waals surface area (Å²) in [6, 6.07) is 80.6. The van der Waals surface area contributed by atoms with Gasteiger partial charge in [0.05, 0.1) is 0 Å². The van der Waals surface area contributed by atoms with E-state index in [0.717, 1.165) is 44.6 Å². The van der Waals surface area contributed by atoms with E-state index in [2.05, 4.69) is 217 Å². The molecule has 272 valence electrons. The molecule has 0 spiro atoms. The van der Waals surface area contributed by atoms with Crippen molar-refractivity contribution in [2.75, 3.05) is 4.90 Å². The van der Waals surface area contributed by atoms with E-state index in [4.69, 9.17) is 4.42 Å². The van der Waals surface area contributed by atoms with E-state index in [1.54, 1.807) is 0 Å². The fourth-order valence-corrected chi connectivity index (χ4v) is 8.72. The van der Waals surface area contributed by atoms with Crippen LogP contribution in [0.2, 0.25) is 0 Å². The van der Waals surface area contributed by atoms with Gasteiger partial charge >= 0.3 is 0 Å². The highest BCUT2D eigenvalue weighted by Crippen LogP contribution is 2.46. The quantitative estimate of drug-likeness (QED) is 0.151. The Hall–Kier alpha value is -7.68. The van der Waals surface area contributed by atoms with Crippen LogP contribution in [0.5, 0.6) is 0 Å². The normalized spacial score (nSPS) is 11.4. The molecule has 0 atom stereocenters. The number of hydrogen-bond donors (Lipinski definition) is 0. The van der Waals surface area contributed by atoms with Crippen LogP contribution in [0.15, 0.2) is 229 Å². The van der Waals surface area contributed by atoms with Gasteiger partial charge < -0.3 is 9.32 Å². The van der Waals surface area contributed by atoms with Gasteiger partial charge in [0.15, 0.2) is 0 Å². The lowest BCUT2D eigenvalue weighted by Crippen LogP contribution is -2.09. The molecule has 2 nitrogen and oxygen atoms in total. The number of furan rings is 1. The lowest BCUT2D eigenvalue weighted by molar-refractivity contribution is 0.669. The topological polar surface area (TPSA) is 16.4 Å².